The highest BCUT2D eigenvalue weighted by molar-refractivity contribution is 5.94. The molecule has 1 aromatic rings. The molecule has 1 heterocycles. The Morgan fingerprint density at radius 1 is 1.44 bits per heavy atom. The van der Waals surface area contributed by atoms with Gasteiger partial charge < -0.3 is 20.8 Å². The van der Waals surface area contributed by atoms with Gasteiger partial charge in [-0.15, -0.1) is 0 Å². The van der Waals surface area contributed by atoms with Crippen LogP contribution in [0.2, 0.25) is 0 Å². The van der Waals surface area contributed by atoms with Crippen molar-refractivity contribution in [3.63, 3.8) is 0 Å². The second-order valence-electron chi connectivity index (χ2n) is 4.98. The lowest BCUT2D eigenvalue weighted by Crippen LogP contribution is -2.47. The Morgan fingerprint density at radius 2 is 2.22 bits per heavy atom. The molecule has 0 aliphatic carbocycles. The van der Waals surface area contributed by atoms with Crippen molar-refractivity contribution in [2.75, 3.05) is 13.1 Å². The maximum atomic E-state index is 11.9. The second-order valence-corrected chi connectivity index (χ2v) is 4.98. The van der Waals surface area contributed by atoms with E-state index in [9.17, 15) is 15.0 Å². The molecule has 98 valence electrons. The summed E-state index contributed by atoms with van der Waals surface area (Å²) in [6, 6.07) is 4.05. The first-order valence-electron chi connectivity index (χ1n) is 6.05. The van der Waals surface area contributed by atoms with Crippen molar-refractivity contribution in [1.29, 1.82) is 0 Å². The Morgan fingerprint density at radius 3 is 2.83 bits per heavy atom. The summed E-state index contributed by atoms with van der Waals surface area (Å²) in [5, 5.41) is 24.7. The molecule has 1 unspecified atom stereocenters. The van der Waals surface area contributed by atoms with Gasteiger partial charge in [0.05, 0.1) is 0 Å². The zero-order valence-corrected chi connectivity index (χ0v) is 10.4. The fourth-order valence-corrected chi connectivity index (χ4v) is 2.15. The summed E-state index contributed by atoms with van der Waals surface area (Å²) in [5.41, 5.74) is 0.293. The third kappa shape index (κ3) is 2.73. The standard InChI is InChI=1S/C13H18N2O3/c1-13(5-2-6-15-13)8-14-12(18)9-3-4-10(16)11(17)7-9/h3-4,7,15-17H,2,5-6,8H2,1H3,(H,14,18). The minimum absolute atomic E-state index is 0.0470. The number of phenols is 2. The number of rotatable bonds is 3. The molecule has 0 aromatic heterocycles. The molecule has 0 saturated carbocycles. The zero-order valence-electron chi connectivity index (χ0n) is 10.4. The predicted molar refractivity (Wildman–Crippen MR) is 67.7 cm³/mol. The van der Waals surface area contributed by atoms with Gasteiger partial charge >= 0.3 is 0 Å². The lowest BCUT2D eigenvalue weighted by molar-refractivity contribution is 0.0942. The van der Waals surface area contributed by atoms with E-state index in [4.69, 9.17) is 0 Å². The molecule has 0 bridgehead atoms. The van der Waals surface area contributed by atoms with Crippen LogP contribution in [-0.4, -0.2) is 34.7 Å². The van der Waals surface area contributed by atoms with Gasteiger partial charge in [-0.25, -0.2) is 0 Å². The van der Waals surface area contributed by atoms with Crippen LogP contribution in [0.3, 0.4) is 0 Å². The average Bonchev–Trinajstić information content (AvgIpc) is 2.77. The molecule has 2 rings (SSSR count). The van der Waals surface area contributed by atoms with E-state index in [1.807, 2.05) is 0 Å². The molecule has 4 N–H and O–H groups in total. The van der Waals surface area contributed by atoms with E-state index in [-0.39, 0.29) is 22.9 Å². The number of hydrogen-bond acceptors (Lipinski definition) is 4. The van der Waals surface area contributed by atoms with Crippen molar-refractivity contribution in [3.8, 4) is 11.5 Å². The van der Waals surface area contributed by atoms with Crippen LogP contribution in [0.25, 0.3) is 0 Å². The van der Waals surface area contributed by atoms with Crippen molar-refractivity contribution in [2.24, 2.45) is 0 Å². The van der Waals surface area contributed by atoms with Gasteiger partial charge in [0, 0.05) is 17.6 Å². The molecule has 0 radical (unpaired) electrons. The smallest absolute Gasteiger partial charge is 0.251 e. The molecule has 1 saturated heterocycles. The quantitative estimate of drug-likeness (QED) is 0.603. The minimum atomic E-state index is -0.284. The number of amides is 1. The molecule has 1 atom stereocenters. The lowest BCUT2D eigenvalue weighted by atomic mass is 10.0. The topological polar surface area (TPSA) is 81.6 Å². The van der Waals surface area contributed by atoms with Crippen LogP contribution in [0, 0.1) is 0 Å². The van der Waals surface area contributed by atoms with Gasteiger partial charge in [-0.2, -0.15) is 0 Å². The van der Waals surface area contributed by atoms with E-state index in [0.29, 0.717) is 12.1 Å². The molecular weight excluding hydrogens is 232 g/mol. The van der Waals surface area contributed by atoms with Crippen molar-refractivity contribution in [3.05, 3.63) is 23.8 Å². The largest absolute Gasteiger partial charge is 0.504 e. The van der Waals surface area contributed by atoms with E-state index in [1.165, 1.54) is 18.2 Å². The van der Waals surface area contributed by atoms with Crippen LogP contribution in [0.15, 0.2) is 18.2 Å². The van der Waals surface area contributed by atoms with Gasteiger partial charge in [-0.05, 0) is 44.5 Å². The summed E-state index contributed by atoms with van der Waals surface area (Å²) in [7, 11) is 0. The van der Waals surface area contributed by atoms with Crippen LogP contribution < -0.4 is 10.6 Å². The summed E-state index contributed by atoms with van der Waals surface area (Å²) < 4.78 is 0. The van der Waals surface area contributed by atoms with E-state index in [0.717, 1.165) is 19.4 Å². The highest BCUT2D eigenvalue weighted by atomic mass is 16.3. The fraction of sp³-hybridized carbons (Fsp3) is 0.462. The van der Waals surface area contributed by atoms with Crippen LogP contribution in [0.5, 0.6) is 11.5 Å². The summed E-state index contributed by atoms with van der Waals surface area (Å²) in [6.45, 7) is 3.61. The fourth-order valence-electron chi connectivity index (χ4n) is 2.15. The van der Waals surface area contributed by atoms with E-state index in [2.05, 4.69) is 17.6 Å². The SMILES string of the molecule is CC1(CNC(=O)c2ccc(O)c(O)c2)CCCN1. The molecule has 5 heteroatoms. The van der Waals surface area contributed by atoms with E-state index in [1.54, 1.807) is 0 Å². The van der Waals surface area contributed by atoms with Crippen LogP contribution in [-0.2, 0) is 0 Å². The van der Waals surface area contributed by atoms with Gasteiger partial charge in [0.1, 0.15) is 0 Å². The molecular formula is C13H18N2O3. The predicted octanol–water partition coefficient (Wildman–Crippen LogP) is 0.970. The number of phenolic OH excluding ortho intramolecular Hbond substituents is 2. The number of aromatic hydroxyl groups is 2. The van der Waals surface area contributed by atoms with Gasteiger partial charge in [0.2, 0.25) is 0 Å². The summed E-state index contributed by atoms with van der Waals surface area (Å²) >= 11 is 0. The third-order valence-corrected chi connectivity index (χ3v) is 3.33. The van der Waals surface area contributed by atoms with Gasteiger partial charge in [0.25, 0.3) is 5.91 Å². The summed E-state index contributed by atoms with van der Waals surface area (Å²) in [4.78, 5) is 11.9. The first-order valence-corrected chi connectivity index (χ1v) is 6.05. The minimum Gasteiger partial charge on any atom is -0.504 e. The Kier molecular flexibility index (Phi) is 3.43. The number of benzene rings is 1. The number of hydrogen-bond donors (Lipinski definition) is 4. The molecule has 1 aliphatic rings. The molecule has 5 nitrogen and oxygen atoms in total. The Hall–Kier alpha value is -1.75. The molecule has 1 amide bonds. The normalized spacial score (nSPS) is 22.9. The Balaban J connectivity index is 1.97. The number of carbonyl (C=O) groups excluding carboxylic acids is 1. The van der Waals surface area contributed by atoms with Gasteiger partial charge in [-0.3, -0.25) is 4.79 Å². The Labute approximate surface area is 106 Å². The number of carbonyl (C=O) groups is 1. The van der Waals surface area contributed by atoms with Crippen molar-refractivity contribution in [1.82, 2.24) is 10.6 Å². The highest BCUT2D eigenvalue weighted by Crippen LogP contribution is 2.25. The molecule has 0 spiro atoms. The Bertz CT molecular complexity index is 454. The second kappa shape index (κ2) is 4.86. The van der Waals surface area contributed by atoms with Crippen LogP contribution in [0.1, 0.15) is 30.1 Å². The first-order chi connectivity index (χ1) is 8.50. The van der Waals surface area contributed by atoms with Crippen molar-refractivity contribution in [2.45, 2.75) is 25.3 Å². The van der Waals surface area contributed by atoms with E-state index >= 15 is 0 Å². The van der Waals surface area contributed by atoms with E-state index < -0.39 is 0 Å². The van der Waals surface area contributed by atoms with Crippen molar-refractivity contribution < 1.29 is 15.0 Å². The maximum Gasteiger partial charge on any atom is 0.251 e. The van der Waals surface area contributed by atoms with Crippen LogP contribution >= 0.6 is 0 Å². The molecule has 1 aromatic carbocycles. The number of nitrogens with one attached hydrogen (secondary N) is 2. The highest BCUT2D eigenvalue weighted by Gasteiger charge is 2.28. The molecule has 1 aliphatic heterocycles. The van der Waals surface area contributed by atoms with Crippen LogP contribution in [0.4, 0.5) is 0 Å². The van der Waals surface area contributed by atoms with Crippen molar-refractivity contribution >= 4 is 5.91 Å². The summed E-state index contributed by atoms with van der Waals surface area (Å²) in [6.07, 6.45) is 2.15. The van der Waals surface area contributed by atoms with Gasteiger partial charge in [-0.1, -0.05) is 0 Å². The third-order valence-electron chi connectivity index (χ3n) is 3.33. The molecule has 1 fully saturated rings. The first kappa shape index (κ1) is 12.7. The van der Waals surface area contributed by atoms with Gasteiger partial charge in [0.15, 0.2) is 11.5 Å². The monoisotopic (exact) mass is 250 g/mol. The maximum absolute atomic E-state index is 11.9. The molecule has 18 heavy (non-hydrogen) atoms. The lowest BCUT2D eigenvalue weighted by Gasteiger charge is -2.24. The zero-order chi connectivity index (χ0) is 13.2. The average molecular weight is 250 g/mol. The summed E-state index contributed by atoms with van der Waals surface area (Å²) in [5.74, 6) is -0.760.